The van der Waals surface area contributed by atoms with Gasteiger partial charge < -0.3 is 21.5 Å². The summed E-state index contributed by atoms with van der Waals surface area (Å²) in [7, 11) is 0. The molecule has 1 saturated heterocycles. The molecule has 1 fully saturated rings. The van der Waals surface area contributed by atoms with E-state index in [1.807, 2.05) is 0 Å². The average molecular weight is 261 g/mol. The van der Waals surface area contributed by atoms with E-state index in [0.717, 1.165) is 4.90 Å². The van der Waals surface area contributed by atoms with Crippen LogP contribution in [0.3, 0.4) is 0 Å². The van der Waals surface area contributed by atoms with Gasteiger partial charge in [-0.15, -0.1) is 0 Å². The highest BCUT2D eigenvalue weighted by molar-refractivity contribution is 5.88. The lowest BCUT2D eigenvalue weighted by Crippen LogP contribution is -2.48. The Bertz CT molecular complexity index is 363. The summed E-state index contributed by atoms with van der Waals surface area (Å²) in [6.07, 6.45) is -1.65. The van der Waals surface area contributed by atoms with E-state index in [-0.39, 0.29) is 25.8 Å². The molecular formula is C10H16FN3O4. The fourth-order valence-corrected chi connectivity index (χ4v) is 1.90. The first-order chi connectivity index (χ1) is 8.32. The van der Waals surface area contributed by atoms with Gasteiger partial charge in [0.25, 0.3) is 0 Å². The molecule has 8 heteroatoms. The average Bonchev–Trinajstić information content (AvgIpc) is 2.67. The summed E-state index contributed by atoms with van der Waals surface area (Å²) in [6, 6.07) is -2.23. The van der Waals surface area contributed by atoms with E-state index in [2.05, 4.69) is 0 Å². The third-order valence-electron chi connectivity index (χ3n) is 2.84. The molecule has 0 spiro atoms. The molecule has 0 aromatic rings. The molecule has 2 amide bonds. The van der Waals surface area contributed by atoms with Crippen LogP contribution in [0.5, 0.6) is 0 Å². The molecule has 3 atom stereocenters. The number of carboxylic acids is 1. The van der Waals surface area contributed by atoms with E-state index in [9.17, 15) is 18.8 Å². The summed E-state index contributed by atoms with van der Waals surface area (Å²) in [5.74, 6) is -2.52. The minimum Gasteiger partial charge on any atom is -0.480 e. The van der Waals surface area contributed by atoms with E-state index < -0.39 is 36.0 Å². The van der Waals surface area contributed by atoms with Gasteiger partial charge >= 0.3 is 5.97 Å². The third kappa shape index (κ3) is 3.39. The Morgan fingerprint density at radius 1 is 1.44 bits per heavy atom. The highest BCUT2D eigenvalue weighted by atomic mass is 19.1. The molecular weight excluding hydrogens is 245 g/mol. The number of alkyl halides is 1. The number of carboxylic acid groups (broad SMARTS) is 1. The zero-order valence-corrected chi connectivity index (χ0v) is 9.71. The number of nitrogens with two attached hydrogens (primary N) is 2. The van der Waals surface area contributed by atoms with E-state index >= 15 is 0 Å². The molecule has 1 aliphatic rings. The largest absolute Gasteiger partial charge is 0.480 e. The molecule has 7 nitrogen and oxygen atoms in total. The molecule has 0 aromatic heterocycles. The predicted molar refractivity (Wildman–Crippen MR) is 59.1 cm³/mol. The van der Waals surface area contributed by atoms with Gasteiger partial charge in [0.15, 0.2) is 0 Å². The second-order valence-corrected chi connectivity index (χ2v) is 4.29. The molecule has 0 saturated carbocycles. The van der Waals surface area contributed by atoms with Crippen molar-refractivity contribution in [3.63, 3.8) is 0 Å². The van der Waals surface area contributed by atoms with Crippen molar-refractivity contribution < 1.29 is 23.9 Å². The number of hydrogen-bond acceptors (Lipinski definition) is 4. The standard InChI is InChI=1S/C10H16FN3O4/c11-5-3-7(10(17)18)14(4-5)9(16)6(12)1-2-8(13)15/h5-7H,1-4,12H2,(H2,13,15)(H,17,18)/t5-,6+,7+/m1/s1. The fourth-order valence-electron chi connectivity index (χ4n) is 1.90. The van der Waals surface area contributed by atoms with Gasteiger partial charge in [0.1, 0.15) is 12.2 Å². The summed E-state index contributed by atoms with van der Waals surface area (Å²) in [6.45, 7) is -0.278. The van der Waals surface area contributed by atoms with Gasteiger partial charge in [-0.1, -0.05) is 0 Å². The zero-order chi connectivity index (χ0) is 13.9. The van der Waals surface area contributed by atoms with Gasteiger partial charge in [-0.05, 0) is 6.42 Å². The van der Waals surface area contributed by atoms with Crippen molar-refractivity contribution in [1.82, 2.24) is 4.90 Å². The molecule has 102 valence electrons. The topological polar surface area (TPSA) is 127 Å². The molecule has 1 aliphatic heterocycles. The minimum absolute atomic E-state index is 0.0218. The molecule has 18 heavy (non-hydrogen) atoms. The Morgan fingerprint density at radius 2 is 2.06 bits per heavy atom. The van der Waals surface area contributed by atoms with Crippen molar-refractivity contribution >= 4 is 17.8 Å². The summed E-state index contributed by atoms with van der Waals surface area (Å²) >= 11 is 0. The van der Waals surface area contributed by atoms with Crippen LogP contribution in [-0.4, -0.2) is 52.6 Å². The Labute approximate surface area is 103 Å². The number of carbonyl (C=O) groups excluding carboxylic acids is 2. The number of nitrogens with zero attached hydrogens (tertiary/aromatic N) is 1. The number of likely N-dealkylation sites (tertiary alicyclic amines) is 1. The minimum atomic E-state index is -1.36. The summed E-state index contributed by atoms with van der Waals surface area (Å²) in [5.41, 5.74) is 10.5. The first-order valence-corrected chi connectivity index (χ1v) is 5.54. The maximum absolute atomic E-state index is 13.1. The van der Waals surface area contributed by atoms with Crippen molar-refractivity contribution in [2.45, 2.75) is 37.5 Å². The van der Waals surface area contributed by atoms with Crippen molar-refractivity contribution in [2.75, 3.05) is 6.54 Å². The molecule has 0 aliphatic carbocycles. The van der Waals surface area contributed by atoms with Crippen LogP contribution >= 0.6 is 0 Å². The smallest absolute Gasteiger partial charge is 0.326 e. The van der Waals surface area contributed by atoms with Crippen LogP contribution in [0, 0.1) is 0 Å². The Kier molecular flexibility index (Phi) is 4.60. The zero-order valence-electron chi connectivity index (χ0n) is 9.71. The van der Waals surface area contributed by atoms with Gasteiger partial charge in [0.05, 0.1) is 12.6 Å². The van der Waals surface area contributed by atoms with Crippen LogP contribution in [0.2, 0.25) is 0 Å². The SMILES string of the molecule is NC(=O)CC[C@H](N)C(=O)N1C[C@H](F)C[C@H]1C(=O)O. The molecule has 5 N–H and O–H groups in total. The third-order valence-corrected chi connectivity index (χ3v) is 2.84. The van der Waals surface area contributed by atoms with Gasteiger partial charge in [-0.2, -0.15) is 0 Å². The summed E-state index contributed by atoms with van der Waals surface area (Å²) < 4.78 is 13.1. The molecule has 1 heterocycles. The van der Waals surface area contributed by atoms with Crippen molar-refractivity contribution in [3.8, 4) is 0 Å². The Morgan fingerprint density at radius 3 is 2.56 bits per heavy atom. The van der Waals surface area contributed by atoms with E-state index in [0.29, 0.717) is 0 Å². The van der Waals surface area contributed by atoms with Crippen LogP contribution in [0.25, 0.3) is 0 Å². The molecule has 0 unspecified atom stereocenters. The number of amides is 2. The fraction of sp³-hybridized carbons (Fsp3) is 0.700. The van der Waals surface area contributed by atoms with E-state index in [4.69, 9.17) is 16.6 Å². The highest BCUT2D eigenvalue weighted by Crippen LogP contribution is 2.21. The van der Waals surface area contributed by atoms with Crippen LogP contribution in [0.1, 0.15) is 19.3 Å². The van der Waals surface area contributed by atoms with Crippen molar-refractivity contribution in [3.05, 3.63) is 0 Å². The highest BCUT2D eigenvalue weighted by Gasteiger charge is 2.41. The molecule has 0 aromatic carbocycles. The van der Waals surface area contributed by atoms with Gasteiger partial charge in [0.2, 0.25) is 11.8 Å². The van der Waals surface area contributed by atoms with Crippen LogP contribution in [0.15, 0.2) is 0 Å². The lowest BCUT2D eigenvalue weighted by molar-refractivity contribution is -0.148. The number of hydrogen-bond donors (Lipinski definition) is 3. The van der Waals surface area contributed by atoms with Crippen molar-refractivity contribution in [1.29, 1.82) is 0 Å². The second kappa shape index (κ2) is 5.76. The van der Waals surface area contributed by atoms with Crippen molar-refractivity contribution in [2.24, 2.45) is 11.5 Å². The van der Waals surface area contributed by atoms with Crippen LogP contribution in [-0.2, 0) is 14.4 Å². The number of primary amides is 1. The first-order valence-electron chi connectivity index (χ1n) is 5.54. The van der Waals surface area contributed by atoms with Crippen LogP contribution in [0.4, 0.5) is 4.39 Å². The van der Waals surface area contributed by atoms with E-state index in [1.54, 1.807) is 0 Å². The number of rotatable bonds is 5. The van der Waals surface area contributed by atoms with Gasteiger partial charge in [0, 0.05) is 12.8 Å². The maximum atomic E-state index is 13.1. The monoisotopic (exact) mass is 261 g/mol. The summed E-state index contributed by atoms with van der Waals surface area (Å²) in [5, 5.41) is 8.87. The van der Waals surface area contributed by atoms with E-state index in [1.165, 1.54) is 0 Å². The Hall–Kier alpha value is -1.70. The quantitative estimate of drug-likeness (QED) is 0.561. The lowest BCUT2D eigenvalue weighted by Gasteiger charge is -2.24. The molecule has 0 bridgehead atoms. The lowest BCUT2D eigenvalue weighted by atomic mass is 10.1. The maximum Gasteiger partial charge on any atom is 0.326 e. The molecule has 0 radical (unpaired) electrons. The molecule has 1 rings (SSSR count). The Balaban J connectivity index is 2.64. The first kappa shape index (κ1) is 14.4. The number of aliphatic carboxylic acids is 1. The van der Waals surface area contributed by atoms with Crippen LogP contribution < -0.4 is 11.5 Å². The number of carbonyl (C=O) groups is 3. The summed E-state index contributed by atoms with van der Waals surface area (Å²) in [4.78, 5) is 34.2. The number of halogens is 1. The van der Waals surface area contributed by atoms with Gasteiger partial charge in [-0.3, -0.25) is 9.59 Å². The predicted octanol–water partition coefficient (Wildman–Crippen LogP) is -1.40. The van der Waals surface area contributed by atoms with Gasteiger partial charge in [-0.25, -0.2) is 9.18 Å². The second-order valence-electron chi connectivity index (χ2n) is 4.29. The normalized spacial score (nSPS) is 24.9.